The number of nitriles is 1. The third-order valence-corrected chi connectivity index (χ3v) is 5.39. The van der Waals surface area contributed by atoms with Crippen molar-refractivity contribution in [2.45, 2.75) is 11.4 Å². The number of carbonyl (C=O) groups excluding carboxylic acids is 2. The van der Waals surface area contributed by atoms with Crippen LogP contribution in [0, 0.1) is 17.1 Å². The molecule has 3 rings (SSSR count). The molecule has 0 atom stereocenters. The molecule has 0 saturated carbocycles. The predicted octanol–water partition coefficient (Wildman–Crippen LogP) is 3.38. The minimum absolute atomic E-state index is 0.0279. The zero-order valence-corrected chi connectivity index (χ0v) is 17.8. The van der Waals surface area contributed by atoms with Gasteiger partial charge in [0.15, 0.2) is 0 Å². The smallest absolute Gasteiger partial charge is 0.259 e. The fourth-order valence-corrected chi connectivity index (χ4v) is 3.58. The Labute approximate surface area is 188 Å². The molecule has 3 aromatic rings. The van der Waals surface area contributed by atoms with Gasteiger partial charge in [0.05, 0.1) is 16.9 Å². The second kappa shape index (κ2) is 10.9. The number of hydrogen-bond donors (Lipinski definition) is 3. The summed E-state index contributed by atoms with van der Waals surface area (Å²) in [4.78, 5) is 28.8. The van der Waals surface area contributed by atoms with Gasteiger partial charge in [0.1, 0.15) is 22.7 Å². The number of benzene rings is 2. The Hall–Kier alpha value is -3.90. The summed E-state index contributed by atoms with van der Waals surface area (Å²) in [5, 5.41) is 15.2. The van der Waals surface area contributed by atoms with Crippen LogP contribution in [0.4, 0.5) is 15.9 Å². The molecule has 7 nitrogen and oxygen atoms in total. The highest BCUT2D eigenvalue weighted by Gasteiger charge is 2.17. The Morgan fingerprint density at radius 1 is 1.12 bits per heavy atom. The number of halogens is 1. The van der Waals surface area contributed by atoms with E-state index in [2.05, 4.69) is 15.6 Å². The van der Waals surface area contributed by atoms with E-state index in [1.807, 2.05) is 12.1 Å². The Kier molecular flexibility index (Phi) is 7.78. The zero-order valence-electron chi connectivity index (χ0n) is 17.0. The summed E-state index contributed by atoms with van der Waals surface area (Å²) >= 11 is 1.06. The van der Waals surface area contributed by atoms with Crippen LogP contribution < -0.4 is 16.4 Å². The van der Waals surface area contributed by atoms with Crippen molar-refractivity contribution in [3.05, 3.63) is 83.2 Å². The first-order chi connectivity index (χ1) is 15.5. The van der Waals surface area contributed by atoms with Crippen LogP contribution in [0.1, 0.15) is 21.5 Å². The zero-order chi connectivity index (χ0) is 22.9. The Morgan fingerprint density at radius 3 is 2.53 bits per heavy atom. The molecule has 4 N–H and O–H groups in total. The van der Waals surface area contributed by atoms with Gasteiger partial charge in [-0.3, -0.25) is 9.59 Å². The summed E-state index contributed by atoms with van der Waals surface area (Å²) in [6.45, 7) is 0.393. The monoisotopic (exact) mass is 449 g/mol. The fourth-order valence-electron chi connectivity index (χ4n) is 2.78. The van der Waals surface area contributed by atoms with Gasteiger partial charge < -0.3 is 16.4 Å². The summed E-state index contributed by atoms with van der Waals surface area (Å²) in [7, 11) is 0. The minimum atomic E-state index is -0.479. The maximum Gasteiger partial charge on any atom is 0.259 e. The van der Waals surface area contributed by atoms with Crippen LogP contribution in [-0.4, -0.2) is 29.1 Å². The summed E-state index contributed by atoms with van der Waals surface area (Å²) in [5.41, 5.74) is 7.67. The number of carbonyl (C=O) groups is 2. The fraction of sp³-hybridized carbons (Fsp3) is 0.130. The van der Waals surface area contributed by atoms with Crippen LogP contribution >= 0.6 is 11.8 Å². The number of thioether (sulfide) groups is 1. The lowest BCUT2D eigenvalue weighted by Crippen LogP contribution is -2.27. The second-order valence-electron chi connectivity index (χ2n) is 6.72. The third kappa shape index (κ3) is 6.30. The molecule has 0 unspecified atom stereocenters. The van der Waals surface area contributed by atoms with Crippen molar-refractivity contribution in [1.82, 2.24) is 10.3 Å². The van der Waals surface area contributed by atoms with Gasteiger partial charge in [0.25, 0.3) is 5.91 Å². The molecule has 0 aliphatic carbocycles. The van der Waals surface area contributed by atoms with E-state index >= 15 is 0 Å². The maximum absolute atomic E-state index is 12.9. The highest BCUT2D eigenvalue weighted by atomic mass is 32.2. The van der Waals surface area contributed by atoms with Crippen LogP contribution in [0.25, 0.3) is 0 Å². The lowest BCUT2D eigenvalue weighted by Gasteiger charge is -2.10. The van der Waals surface area contributed by atoms with E-state index in [1.165, 1.54) is 18.2 Å². The van der Waals surface area contributed by atoms with Gasteiger partial charge in [-0.25, -0.2) is 9.37 Å². The molecule has 1 heterocycles. The van der Waals surface area contributed by atoms with Gasteiger partial charge in [-0.15, -0.1) is 0 Å². The van der Waals surface area contributed by atoms with Crippen molar-refractivity contribution in [3.63, 3.8) is 0 Å². The SMILES string of the molecule is N#Cc1cc(C(=O)Nc2ccccc2)c(N)nc1SCC(=O)NCCc1ccc(F)cc1. The number of anilines is 2. The molecule has 32 heavy (non-hydrogen) atoms. The molecule has 0 spiro atoms. The largest absolute Gasteiger partial charge is 0.383 e. The number of aromatic nitrogens is 1. The second-order valence-corrected chi connectivity index (χ2v) is 7.68. The van der Waals surface area contributed by atoms with Crippen molar-refractivity contribution in [2.75, 3.05) is 23.3 Å². The lowest BCUT2D eigenvalue weighted by atomic mass is 10.1. The van der Waals surface area contributed by atoms with Gasteiger partial charge >= 0.3 is 0 Å². The molecule has 2 aromatic carbocycles. The van der Waals surface area contributed by atoms with Gasteiger partial charge in [0, 0.05) is 12.2 Å². The molecule has 2 amide bonds. The Balaban J connectivity index is 1.57. The van der Waals surface area contributed by atoms with E-state index in [9.17, 15) is 19.2 Å². The van der Waals surface area contributed by atoms with Crippen molar-refractivity contribution in [2.24, 2.45) is 0 Å². The van der Waals surface area contributed by atoms with E-state index in [0.717, 1.165) is 17.3 Å². The van der Waals surface area contributed by atoms with Gasteiger partial charge in [-0.05, 0) is 42.3 Å². The number of para-hydroxylation sites is 1. The number of amides is 2. The summed E-state index contributed by atoms with van der Waals surface area (Å²) < 4.78 is 12.9. The first kappa shape index (κ1) is 22.8. The van der Waals surface area contributed by atoms with Crippen molar-refractivity contribution < 1.29 is 14.0 Å². The maximum atomic E-state index is 12.9. The van der Waals surface area contributed by atoms with E-state index < -0.39 is 5.91 Å². The average molecular weight is 450 g/mol. The molecule has 0 aliphatic rings. The molecular formula is C23H20FN5O2S. The quantitative estimate of drug-likeness (QED) is 0.454. The number of nitrogens with one attached hydrogen (secondary N) is 2. The Bertz CT molecular complexity index is 1150. The van der Waals surface area contributed by atoms with E-state index in [4.69, 9.17) is 5.73 Å². The minimum Gasteiger partial charge on any atom is -0.383 e. The van der Waals surface area contributed by atoms with E-state index in [0.29, 0.717) is 18.7 Å². The molecule has 9 heteroatoms. The predicted molar refractivity (Wildman–Crippen MR) is 122 cm³/mol. The number of pyridine rings is 1. The van der Waals surface area contributed by atoms with Crippen LogP contribution in [0.2, 0.25) is 0 Å². The molecule has 162 valence electrons. The molecule has 0 bridgehead atoms. The van der Waals surface area contributed by atoms with Crippen molar-refractivity contribution in [3.8, 4) is 6.07 Å². The van der Waals surface area contributed by atoms with Gasteiger partial charge in [-0.2, -0.15) is 5.26 Å². The highest BCUT2D eigenvalue weighted by Crippen LogP contribution is 2.24. The molecule has 1 aromatic heterocycles. The lowest BCUT2D eigenvalue weighted by molar-refractivity contribution is -0.118. The first-order valence-electron chi connectivity index (χ1n) is 9.67. The number of nitrogen functional groups attached to an aromatic ring is 1. The van der Waals surface area contributed by atoms with Crippen LogP contribution in [0.3, 0.4) is 0 Å². The Morgan fingerprint density at radius 2 is 1.84 bits per heavy atom. The van der Waals surface area contributed by atoms with Crippen molar-refractivity contribution >= 4 is 35.1 Å². The van der Waals surface area contributed by atoms with E-state index in [-0.39, 0.29) is 39.4 Å². The number of nitrogens with two attached hydrogens (primary N) is 1. The van der Waals surface area contributed by atoms with E-state index in [1.54, 1.807) is 36.4 Å². The molecule has 0 fully saturated rings. The summed E-state index contributed by atoms with van der Waals surface area (Å²) in [6, 6.07) is 18.3. The van der Waals surface area contributed by atoms with Crippen molar-refractivity contribution in [1.29, 1.82) is 5.26 Å². The van der Waals surface area contributed by atoms with Crippen LogP contribution in [0.5, 0.6) is 0 Å². The molecule has 0 radical (unpaired) electrons. The number of rotatable bonds is 8. The molecule has 0 saturated heterocycles. The van der Waals surface area contributed by atoms with Crippen LogP contribution in [-0.2, 0) is 11.2 Å². The molecular weight excluding hydrogens is 429 g/mol. The number of hydrogen-bond acceptors (Lipinski definition) is 6. The van der Waals surface area contributed by atoms with Crippen LogP contribution in [0.15, 0.2) is 65.7 Å². The summed E-state index contributed by atoms with van der Waals surface area (Å²) in [6.07, 6.45) is 0.566. The summed E-state index contributed by atoms with van der Waals surface area (Å²) in [5.74, 6) is -1.03. The standard InChI is InChI=1S/C23H20FN5O2S/c24-17-8-6-15(7-9-17)10-11-27-20(30)14-32-23-16(13-25)12-19(21(26)29-23)22(31)28-18-4-2-1-3-5-18/h1-9,12H,10-11,14H2,(H2,26,29)(H,27,30)(H,28,31). The first-order valence-corrected chi connectivity index (χ1v) is 10.7. The highest BCUT2D eigenvalue weighted by molar-refractivity contribution is 8.00. The third-order valence-electron chi connectivity index (χ3n) is 4.40. The average Bonchev–Trinajstić information content (AvgIpc) is 2.79. The normalized spacial score (nSPS) is 10.2. The topological polar surface area (TPSA) is 121 Å². The van der Waals surface area contributed by atoms with Gasteiger partial charge in [-0.1, -0.05) is 42.1 Å². The van der Waals surface area contributed by atoms with Gasteiger partial charge in [0.2, 0.25) is 5.91 Å². The number of nitrogens with zero attached hydrogens (tertiary/aromatic N) is 2. The molecule has 0 aliphatic heterocycles.